The third-order valence-corrected chi connectivity index (χ3v) is 3.68. The first-order valence-electron chi connectivity index (χ1n) is 8.91. The van der Waals surface area contributed by atoms with E-state index in [0.717, 1.165) is 10.1 Å². The number of benzene rings is 1. The SMILES string of the molecule is CCOc1cc(/C=N/N(CC)c2cc(=O)n(C)c(=O)[nH]2)ccc1OC(C)C. The molecule has 1 aromatic heterocycles. The van der Waals surface area contributed by atoms with E-state index >= 15 is 0 Å². The summed E-state index contributed by atoms with van der Waals surface area (Å²) in [4.78, 5) is 26.3. The molecule has 8 nitrogen and oxygen atoms in total. The summed E-state index contributed by atoms with van der Waals surface area (Å²) in [6.07, 6.45) is 1.68. The van der Waals surface area contributed by atoms with Crippen LogP contribution in [0.25, 0.3) is 0 Å². The van der Waals surface area contributed by atoms with Gasteiger partial charge >= 0.3 is 5.69 Å². The predicted molar refractivity (Wildman–Crippen MR) is 106 cm³/mol. The normalized spacial score (nSPS) is 11.2. The zero-order valence-corrected chi connectivity index (χ0v) is 16.4. The van der Waals surface area contributed by atoms with E-state index in [4.69, 9.17) is 9.47 Å². The van der Waals surface area contributed by atoms with E-state index in [1.54, 1.807) is 11.2 Å². The van der Waals surface area contributed by atoms with Crippen LogP contribution in [0.1, 0.15) is 33.3 Å². The lowest BCUT2D eigenvalue weighted by molar-refractivity contribution is 0.224. The highest BCUT2D eigenvalue weighted by molar-refractivity contribution is 5.81. The first kappa shape index (κ1) is 20.3. The van der Waals surface area contributed by atoms with Gasteiger partial charge in [0.15, 0.2) is 11.5 Å². The molecule has 0 radical (unpaired) electrons. The zero-order valence-electron chi connectivity index (χ0n) is 16.4. The summed E-state index contributed by atoms with van der Waals surface area (Å²) in [6.45, 7) is 8.69. The minimum Gasteiger partial charge on any atom is -0.490 e. The Morgan fingerprint density at radius 2 is 1.96 bits per heavy atom. The molecule has 1 N–H and O–H groups in total. The first-order chi connectivity index (χ1) is 12.8. The van der Waals surface area contributed by atoms with Gasteiger partial charge in [-0.3, -0.25) is 14.3 Å². The Labute approximate surface area is 158 Å². The summed E-state index contributed by atoms with van der Waals surface area (Å²) < 4.78 is 12.4. The van der Waals surface area contributed by atoms with Crippen molar-refractivity contribution in [1.82, 2.24) is 9.55 Å². The fourth-order valence-electron chi connectivity index (χ4n) is 2.36. The number of aromatic amines is 1. The van der Waals surface area contributed by atoms with Crippen molar-refractivity contribution in [3.05, 3.63) is 50.7 Å². The second-order valence-corrected chi connectivity index (χ2v) is 6.12. The van der Waals surface area contributed by atoms with Crippen molar-refractivity contribution < 1.29 is 9.47 Å². The Balaban J connectivity index is 2.30. The average molecular weight is 374 g/mol. The van der Waals surface area contributed by atoms with Crippen LogP contribution in [0.5, 0.6) is 11.5 Å². The van der Waals surface area contributed by atoms with Crippen molar-refractivity contribution in [3.8, 4) is 11.5 Å². The molecule has 2 rings (SSSR count). The van der Waals surface area contributed by atoms with Crippen LogP contribution in [0.15, 0.2) is 39.0 Å². The summed E-state index contributed by atoms with van der Waals surface area (Å²) in [6, 6.07) is 6.88. The number of aromatic nitrogens is 2. The second-order valence-electron chi connectivity index (χ2n) is 6.12. The number of hydrogen-bond donors (Lipinski definition) is 1. The van der Waals surface area contributed by atoms with Gasteiger partial charge in [0, 0.05) is 19.7 Å². The zero-order chi connectivity index (χ0) is 20.0. The maximum absolute atomic E-state index is 11.8. The van der Waals surface area contributed by atoms with Gasteiger partial charge in [-0.25, -0.2) is 9.80 Å². The standard InChI is InChI=1S/C19H26N4O4/c1-6-23(17-11-18(24)22(5)19(25)21-17)20-12-14-8-9-15(27-13(3)4)16(10-14)26-7-2/h8-13H,6-7H2,1-5H3,(H,21,25)/b20-12+. The Kier molecular flexibility index (Phi) is 6.81. The van der Waals surface area contributed by atoms with Crippen molar-refractivity contribution in [1.29, 1.82) is 0 Å². The summed E-state index contributed by atoms with van der Waals surface area (Å²) in [5.41, 5.74) is -0.0737. The van der Waals surface area contributed by atoms with Gasteiger partial charge in [0.1, 0.15) is 5.82 Å². The van der Waals surface area contributed by atoms with Gasteiger partial charge in [-0.2, -0.15) is 5.10 Å². The molecular weight excluding hydrogens is 348 g/mol. The number of nitrogens with zero attached hydrogens (tertiary/aromatic N) is 3. The molecule has 1 aromatic carbocycles. The minimum absolute atomic E-state index is 0.0387. The molecule has 27 heavy (non-hydrogen) atoms. The summed E-state index contributed by atoms with van der Waals surface area (Å²) in [7, 11) is 1.42. The first-order valence-corrected chi connectivity index (χ1v) is 8.91. The van der Waals surface area contributed by atoms with E-state index in [0.29, 0.717) is 30.5 Å². The molecular formula is C19H26N4O4. The van der Waals surface area contributed by atoms with Crippen LogP contribution in [-0.4, -0.2) is 35.0 Å². The van der Waals surface area contributed by atoms with Gasteiger partial charge in [-0.05, 0) is 51.5 Å². The maximum atomic E-state index is 11.8. The van der Waals surface area contributed by atoms with Crippen LogP contribution in [0, 0.1) is 0 Å². The van der Waals surface area contributed by atoms with Crippen LogP contribution < -0.4 is 25.7 Å². The predicted octanol–water partition coefficient (Wildman–Crippen LogP) is 2.12. The lowest BCUT2D eigenvalue weighted by atomic mass is 10.2. The molecule has 0 amide bonds. The fraction of sp³-hybridized carbons (Fsp3) is 0.421. The Morgan fingerprint density at radius 1 is 1.22 bits per heavy atom. The highest BCUT2D eigenvalue weighted by Gasteiger charge is 2.09. The molecule has 0 aliphatic rings. The summed E-state index contributed by atoms with van der Waals surface area (Å²) in [5, 5.41) is 5.92. The molecule has 0 spiro atoms. The molecule has 0 saturated carbocycles. The monoisotopic (exact) mass is 374 g/mol. The van der Waals surface area contributed by atoms with Gasteiger partial charge in [-0.1, -0.05) is 0 Å². The molecule has 0 atom stereocenters. The van der Waals surface area contributed by atoms with Crippen LogP contribution in [0.2, 0.25) is 0 Å². The molecule has 0 aliphatic heterocycles. The summed E-state index contributed by atoms with van der Waals surface area (Å²) in [5.74, 6) is 1.65. The highest BCUT2D eigenvalue weighted by atomic mass is 16.5. The van der Waals surface area contributed by atoms with Gasteiger partial charge < -0.3 is 9.47 Å². The Morgan fingerprint density at radius 3 is 2.56 bits per heavy atom. The largest absolute Gasteiger partial charge is 0.490 e. The number of rotatable bonds is 8. The third kappa shape index (κ3) is 5.22. The van der Waals surface area contributed by atoms with Crippen molar-refractivity contribution in [2.24, 2.45) is 12.1 Å². The van der Waals surface area contributed by atoms with E-state index < -0.39 is 11.2 Å². The number of nitrogens with one attached hydrogen (secondary N) is 1. The maximum Gasteiger partial charge on any atom is 0.329 e. The lowest BCUT2D eigenvalue weighted by Gasteiger charge is -2.17. The van der Waals surface area contributed by atoms with Gasteiger partial charge in [0.25, 0.3) is 5.56 Å². The van der Waals surface area contributed by atoms with Crippen LogP contribution >= 0.6 is 0 Å². The number of ether oxygens (including phenoxy) is 2. The molecule has 0 fully saturated rings. The number of hydrazone groups is 1. The van der Waals surface area contributed by atoms with Crippen LogP contribution in [-0.2, 0) is 7.05 Å². The molecule has 0 saturated heterocycles. The quantitative estimate of drug-likeness (QED) is 0.565. The number of H-pyrrole nitrogens is 1. The molecule has 1 heterocycles. The smallest absolute Gasteiger partial charge is 0.329 e. The van der Waals surface area contributed by atoms with E-state index in [2.05, 4.69) is 10.1 Å². The fourth-order valence-corrected chi connectivity index (χ4v) is 2.36. The molecule has 2 aromatic rings. The molecule has 8 heteroatoms. The van der Waals surface area contributed by atoms with Crippen LogP contribution in [0.3, 0.4) is 0 Å². The average Bonchev–Trinajstić information content (AvgIpc) is 2.62. The van der Waals surface area contributed by atoms with Gasteiger partial charge in [0.05, 0.1) is 18.9 Å². The lowest BCUT2D eigenvalue weighted by Crippen LogP contribution is -2.34. The van der Waals surface area contributed by atoms with E-state index in [9.17, 15) is 9.59 Å². The van der Waals surface area contributed by atoms with Crippen molar-refractivity contribution in [2.45, 2.75) is 33.8 Å². The minimum atomic E-state index is -0.486. The Bertz CT molecular complexity index is 883. The summed E-state index contributed by atoms with van der Waals surface area (Å²) >= 11 is 0. The van der Waals surface area contributed by atoms with E-state index in [1.165, 1.54) is 13.1 Å². The number of hydrogen-bond acceptors (Lipinski definition) is 6. The highest BCUT2D eigenvalue weighted by Crippen LogP contribution is 2.29. The van der Waals surface area contributed by atoms with E-state index in [1.807, 2.05) is 45.9 Å². The third-order valence-electron chi connectivity index (χ3n) is 3.68. The van der Waals surface area contributed by atoms with Crippen molar-refractivity contribution in [2.75, 3.05) is 18.2 Å². The van der Waals surface area contributed by atoms with Crippen LogP contribution in [0.4, 0.5) is 5.82 Å². The molecule has 0 unspecified atom stereocenters. The molecule has 146 valence electrons. The van der Waals surface area contributed by atoms with Crippen molar-refractivity contribution in [3.63, 3.8) is 0 Å². The topological polar surface area (TPSA) is 88.9 Å². The Hall–Kier alpha value is -3.03. The second kappa shape index (κ2) is 9.07. The van der Waals surface area contributed by atoms with E-state index in [-0.39, 0.29) is 6.10 Å². The molecule has 0 aliphatic carbocycles. The van der Waals surface area contributed by atoms with Crippen molar-refractivity contribution >= 4 is 12.0 Å². The molecule has 0 bridgehead atoms. The number of anilines is 1. The van der Waals surface area contributed by atoms with Gasteiger partial charge in [0.2, 0.25) is 0 Å². The van der Waals surface area contributed by atoms with Gasteiger partial charge in [-0.15, -0.1) is 0 Å².